The van der Waals surface area contributed by atoms with Gasteiger partial charge in [-0.05, 0) is 32.9 Å². The van der Waals surface area contributed by atoms with E-state index in [0.717, 1.165) is 13.1 Å². The molecule has 0 radical (unpaired) electrons. The summed E-state index contributed by atoms with van der Waals surface area (Å²) in [5.74, 6) is -0.249. The van der Waals surface area contributed by atoms with Gasteiger partial charge < -0.3 is 10.6 Å². The number of nitrogens with zero attached hydrogens (tertiary/aromatic N) is 1. The Bertz CT molecular complexity index is 224. The molecule has 0 aromatic rings. The van der Waals surface area contributed by atoms with Crippen molar-refractivity contribution >= 4 is 5.91 Å². The molecule has 15 heavy (non-hydrogen) atoms. The van der Waals surface area contributed by atoms with E-state index in [0.29, 0.717) is 12.6 Å². The van der Waals surface area contributed by atoms with Gasteiger partial charge in [0.25, 0.3) is 0 Å². The van der Waals surface area contributed by atoms with Crippen LogP contribution in [-0.2, 0) is 4.79 Å². The number of likely N-dealkylation sites (N-methyl/N-ethyl adjacent to an activating group) is 1. The van der Waals surface area contributed by atoms with E-state index in [9.17, 15) is 4.79 Å². The molecule has 1 fully saturated rings. The molecule has 1 unspecified atom stereocenters. The predicted octanol–water partition coefficient (Wildman–Crippen LogP) is 0.324. The van der Waals surface area contributed by atoms with E-state index < -0.39 is 5.54 Å². The molecule has 4 heteroatoms. The number of amides is 1. The van der Waals surface area contributed by atoms with Crippen molar-refractivity contribution in [1.29, 1.82) is 0 Å². The van der Waals surface area contributed by atoms with E-state index in [1.165, 1.54) is 12.8 Å². The lowest BCUT2D eigenvalue weighted by Gasteiger charge is -2.33. The lowest BCUT2D eigenvalue weighted by atomic mass is 10.0. The fourth-order valence-corrected chi connectivity index (χ4v) is 1.77. The minimum Gasteiger partial charge on any atom is -0.368 e. The van der Waals surface area contributed by atoms with Crippen molar-refractivity contribution in [2.24, 2.45) is 5.73 Å². The van der Waals surface area contributed by atoms with Crippen LogP contribution >= 0.6 is 0 Å². The second-order valence-electron chi connectivity index (χ2n) is 4.58. The SMILES string of the molecule is CCN(CC)CC(C)(NC1CC1)C(N)=O. The number of carbonyl (C=O) groups is 1. The second-order valence-corrected chi connectivity index (χ2v) is 4.58. The highest BCUT2D eigenvalue weighted by Crippen LogP contribution is 2.22. The molecule has 4 nitrogen and oxygen atoms in total. The normalized spacial score (nSPS) is 20.3. The number of primary amides is 1. The number of hydrogen-bond acceptors (Lipinski definition) is 3. The Morgan fingerprint density at radius 1 is 1.47 bits per heavy atom. The summed E-state index contributed by atoms with van der Waals surface area (Å²) in [5.41, 5.74) is 4.90. The minimum absolute atomic E-state index is 0.249. The van der Waals surface area contributed by atoms with Crippen molar-refractivity contribution < 1.29 is 4.79 Å². The second kappa shape index (κ2) is 4.94. The quantitative estimate of drug-likeness (QED) is 0.640. The zero-order chi connectivity index (χ0) is 11.5. The average molecular weight is 213 g/mol. The van der Waals surface area contributed by atoms with Crippen LogP contribution in [0.15, 0.2) is 0 Å². The molecular formula is C11H23N3O. The number of nitrogens with two attached hydrogens (primary N) is 1. The summed E-state index contributed by atoms with van der Waals surface area (Å²) in [7, 11) is 0. The lowest BCUT2D eigenvalue weighted by Crippen LogP contribution is -2.60. The first-order chi connectivity index (χ1) is 7.01. The first kappa shape index (κ1) is 12.5. The highest BCUT2D eigenvalue weighted by molar-refractivity contribution is 5.84. The Labute approximate surface area is 92.2 Å². The third-order valence-corrected chi connectivity index (χ3v) is 3.08. The fourth-order valence-electron chi connectivity index (χ4n) is 1.77. The molecule has 0 saturated heterocycles. The van der Waals surface area contributed by atoms with E-state index in [4.69, 9.17) is 5.73 Å². The maximum absolute atomic E-state index is 11.5. The first-order valence-electron chi connectivity index (χ1n) is 5.81. The maximum atomic E-state index is 11.5. The van der Waals surface area contributed by atoms with E-state index in [2.05, 4.69) is 24.1 Å². The van der Waals surface area contributed by atoms with Gasteiger partial charge in [-0.3, -0.25) is 10.1 Å². The summed E-state index contributed by atoms with van der Waals surface area (Å²) < 4.78 is 0. The molecule has 1 rings (SSSR count). The van der Waals surface area contributed by atoms with Gasteiger partial charge >= 0.3 is 0 Å². The van der Waals surface area contributed by atoms with Crippen LogP contribution in [0.5, 0.6) is 0 Å². The minimum atomic E-state index is -0.576. The molecule has 1 aliphatic rings. The van der Waals surface area contributed by atoms with Gasteiger partial charge in [-0.25, -0.2) is 0 Å². The maximum Gasteiger partial charge on any atom is 0.238 e. The van der Waals surface area contributed by atoms with Gasteiger partial charge in [-0.1, -0.05) is 13.8 Å². The van der Waals surface area contributed by atoms with Crippen LogP contribution in [0.25, 0.3) is 0 Å². The third-order valence-electron chi connectivity index (χ3n) is 3.08. The Morgan fingerprint density at radius 2 is 2.00 bits per heavy atom. The molecule has 0 bridgehead atoms. The molecule has 1 aliphatic carbocycles. The van der Waals surface area contributed by atoms with Crippen LogP contribution in [0.1, 0.15) is 33.6 Å². The lowest BCUT2D eigenvalue weighted by molar-refractivity contribution is -0.124. The van der Waals surface area contributed by atoms with Crippen LogP contribution in [0.4, 0.5) is 0 Å². The zero-order valence-electron chi connectivity index (χ0n) is 10.0. The molecule has 88 valence electrons. The van der Waals surface area contributed by atoms with Gasteiger partial charge in [0.1, 0.15) is 5.54 Å². The third kappa shape index (κ3) is 3.47. The zero-order valence-corrected chi connectivity index (χ0v) is 10.0. The summed E-state index contributed by atoms with van der Waals surface area (Å²) >= 11 is 0. The standard InChI is InChI=1S/C11H23N3O/c1-4-14(5-2)8-11(3,10(12)15)13-9-6-7-9/h9,13H,4-8H2,1-3H3,(H2,12,15). The van der Waals surface area contributed by atoms with Crippen LogP contribution < -0.4 is 11.1 Å². The van der Waals surface area contributed by atoms with Gasteiger partial charge in [0.2, 0.25) is 5.91 Å². The number of carbonyl (C=O) groups excluding carboxylic acids is 1. The highest BCUT2D eigenvalue weighted by Gasteiger charge is 2.37. The van der Waals surface area contributed by atoms with Gasteiger partial charge in [0.15, 0.2) is 0 Å². The predicted molar refractivity (Wildman–Crippen MR) is 61.5 cm³/mol. The Morgan fingerprint density at radius 3 is 2.33 bits per heavy atom. The molecule has 1 atom stereocenters. The molecular weight excluding hydrogens is 190 g/mol. The molecule has 3 N–H and O–H groups in total. The Balaban J connectivity index is 2.57. The topological polar surface area (TPSA) is 58.4 Å². The van der Waals surface area contributed by atoms with Gasteiger partial charge in [-0.2, -0.15) is 0 Å². The fraction of sp³-hybridized carbons (Fsp3) is 0.909. The number of nitrogens with one attached hydrogen (secondary N) is 1. The van der Waals surface area contributed by atoms with E-state index in [-0.39, 0.29) is 5.91 Å². The summed E-state index contributed by atoms with van der Waals surface area (Å²) in [6, 6.07) is 0.498. The molecule has 0 aromatic heterocycles. The monoisotopic (exact) mass is 213 g/mol. The summed E-state index contributed by atoms with van der Waals surface area (Å²) in [4.78, 5) is 13.7. The van der Waals surface area contributed by atoms with Crippen LogP contribution in [0.2, 0.25) is 0 Å². The molecule has 1 saturated carbocycles. The van der Waals surface area contributed by atoms with Crippen molar-refractivity contribution in [3.05, 3.63) is 0 Å². The summed E-state index contributed by atoms with van der Waals surface area (Å²) in [5, 5.41) is 3.35. The molecule has 1 amide bonds. The number of hydrogen-bond donors (Lipinski definition) is 2. The van der Waals surface area contributed by atoms with E-state index in [1.54, 1.807) is 0 Å². The van der Waals surface area contributed by atoms with Crippen molar-refractivity contribution in [3.8, 4) is 0 Å². The first-order valence-corrected chi connectivity index (χ1v) is 5.81. The van der Waals surface area contributed by atoms with E-state index >= 15 is 0 Å². The van der Waals surface area contributed by atoms with Gasteiger partial charge in [-0.15, -0.1) is 0 Å². The highest BCUT2D eigenvalue weighted by atomic mass is 16.1. The smallest absolute Gasteiger partial charge is 0.238 e. The van der Waals surface area contributed by atoms with E-state index in [1.807, 2.05) is 6.92 Å². The molecule has 0 heterocycles. The molecule has 0 aromatic carbocycles. The largest absolute Gasteiger partial charge is 0.368 e. The molecule has 0 spiro atoms. The Kier molecular flexibility index (Phi) is 4.11. The van der Waals surface area contributed by atoms with Crippen LogP contribution in [-0.4, -0.2) is 42.0 Å². The Hall–Kier alpha value is -0.610. The molecule has 0 aliphatic heterocycles. The van der Waals surface area contributed by atoms with Crippen LogP contribution in [0.3, 0.4) is 0 Å². The average Bonchev–Trinajstić information content (AvgIpc) is 2.97. The van der Waals surface area contributed by atoms with Crippen molar-refractivity contribution in [2.45, 2.75) is 45.2 Å². The van der Waals surface area contributed by atoms with Crippen molar-refractivity contribution in [3.63, 3.8) is 0 Å². The number of rotatable bonds is 7. The van der Waals surface area contributed by atoms with Crippen molar-refractivity contribution in [1.82, 2.24) is 10.2 Å². The van der Waals surface area contributed by atoms with Gasteiger partial charge in [0.05, 0.1) is 0 Å². The summed E-state index contributed by atoms with van der Waals surface area (Å²) in [6.45, 7) is 8.71. The van der Waals surface area contributed by atoms with Gasteiger partial charge in [0, 0.05) is 12.6 Å². The summed E-state index contributed by atoms with van der Waals surface area (Å²) in [6.07, 6.45) is 2.34. The van der Waals surface area contributed by atoms with Crippen molar-refractivity contribution in [2.75, 3.05) is 19.6 Å². The van der Waals surface area contributed by atoms with Crippen LogP contribution in [0, 0.1) is 0 Å².